The van der Waals surface area contributed by atoms with E-state index in [1.807, 2.05) is 11.8 Å². The molecule has 1 heterocycles. The molecular weight excluding hydrogens is 266 g/mol. The minimum atomic E-state index is -0.267. The van der Waals surface area contributed by atoms with Crippen LogP contribution < -0.4 is 0 Å². The van der Waals surface area contributed by atoms with Crippen LogP contribution in [0, 0.1) is 5.41 Å². The van der Waals surface area contributed by atoms with Crippen LogP contribution in [0.5, 0.6) is 0 Å². The van der Waals surface area contributed by atoms with Gasteiger partial charge in [-0.25, -0.2) is 0 Å². The van der Waals surface area contributed by atoms with E-state index in [1.165, 1.54) is 42.7 Å². The van der Waals surface area contributed by atoms with Crippen molar-refractivity contribution in [1.29, 1.82) is 0 Å². The summed E-state index contributed by atoms with van der Waals surface area (Å²) in [6, 6.07) is 2.13. The summed E-state index contributed by atoms with van der Waals surface area (Å²) in [5, 5.41) is 10.3. The number of hydrogen-bond acceptors (Lipinski definition) is 2. The van der Waals surface area contributed by atoms with Crippen LogP contribution >= 0.6 is 11.8 Å². The first-order chi connectivity index (χ1) is 9.53. The van der Waals surface area contributed by atoms with Gasteiger partial charge in [-0.15, -0.1) is 0 Å². The van der Waals surface area contributed by atoms with Gasteiger partial charge in [0.05, 0.1) is 6.10 Å². The predicted molar refractivity (Wildman–Crippen MR) is 88.3 cm³/mol. The quantitative estimate of drug-likeness (QED) is 0.753. The number of aryl methyl sites for hydroxylation is 1. The van der Waals surface area contributed by atoms with Crippen LogP contribution in [0.1, 0.15) is 63.3 Å². The highest BCUT2D eigenvalue weighted by atomic mass is 32.2. The maximum Gasteiger partial charge on any atom is 0.0812 e. The molecule has 0 saturated carbocycles. The summed E-state index contributed by atoms with van der Waals surface area (Å²) in [7, 11) is 0. The largest absolute Gasteiger partial charge is 0.388 e. The number of fused-ring (bicyclic) bond motifs is 1. The van der Waals surface area contributed by atoms with Crippen LogP contribution in [0.25, 0.3) is 0 Å². The normalized spacial score (nSPS) is 20.9. The van der Waals surface area contributed by atoms with Crippen molar-refractivity contribution < 1.29 is 5.11 Å². The molecule has 1 aromatic heterocycles. The lowest BCUT2D eigenvalue weighted by molar-refractivity contribution is 0.0979. The van der Waals surface area contributed by atoms with E-state index >= 15 is 0 Å². The van der Waals surface area contributed by atoms with Crippen molar-refractivity contribution in [3.63, 3.8) is 0 Å². The minimum absolute atomic E-state index is 0.223. The number of aliphatic hydroxyl groups is 1. The van der Waals surface area contributed by atoms with Gasteiger partial charge in [0, 0.05) is 24.0 Å². The van der Waals surface area contributed by atoms with Crippen LogP contribution in [0.2, 0.25) is 0 Å². The molecule has 0 bridgehead atoms. The number of thioether (sulfide) groups is 1. The molecule has 1 aromatic rings. The summed E-state index contributed by atoms with van der Waals surface area (Å²) in [5.74, 6) is 1.29. The molecule has 114 valence electrons. The van der Waals surface area contributed by atoms with Gasteiger partial charge in [-0.3, -0.25) is 0 Å². The molecule has 0 saturated heterocycles. The highest BCUT2D eigenvalue weighted by Gasteiger charge is 2.32. The van der Waals surface area contributed by atoms with E-state index < -0.39 is 0 Å². The Hall–Kier alpha value is -0.410. The molecule has 0 spiro atoms. The fraction of sp³-hybridized carbons (Fsp3) is 0.765. The lowest BCUT2D eigenvalue weighted by atomic mass is 9.75. The van der Waals surface area contributed by atoms with Crippen LogP contribution in [-0.2, 0) is 13.0 Å². The van der Waals surface area contributed by atoms with Gasteiger partial charge in [-0.1, -0.05) is 26.7 Å². The number of nitrogens with zero attached hydrogens (tertiary/aromatic N) is 1. The van der Waals surface area contributed by atoms with Gasteiger partial charge in [-0.05, 0) is 49.2 Å². The standard InChI is InChI=1S/C17H29NOS/c1-17(2)12-15-14(16(19)13-17)8-10-18(15)9-6-4-5-7-11-20-3/h8,10,16,19H,4-7,9,11-13H2,1-3H3. The van der Waals surface area contributed by atoms with Crippen molar-refractivity contribution >= 4 is 11.8 Å². The zero-order valence-corrected chi connectivity index (χ0v) is 14.0. The molecule has 2 nitrogen and oxygen atoms in total. The third-order valence-electron chi connectivity index (χ3n) is 4.36. The summed E-state index contributed by atoms with van der Waals surface area (Å²) >= 11 is 1.94. The number of rotatable bonds is 7. The molecular formula is C17H29NOS. The lowest BCUT2D eigenvalue weighted by Crippen LogP contribution is -2.26. The third-order valence-corrected chi connectivity index (χ3v) is 5.06. The lowest BCUT2D eigenvalue weighted by Gasteiger charge is -2.34. The topological polar surface area (TPSA) is 25.2 Å². The minimum Gasteiger partial charge on any atom is -0.388 e. The number of aromatic nitrogens is 1. The Morgan fingerprint density at radius 3 is 2.80 bits per heavy atom. The Balaban J connectivity index is 1.88. The van der Waals surface area contributed by atoms with E-state index in [9.17, 15) is 5.11 Å². The summed E-state index contributed by atoms with van der Waals surface area (Å²) in [6.45, 7) is 5.63. The van der Waals surface area contributed by atoms with Crippen LogP contribution in [-0.4, -0.2) is 21.7 Å². The molecule has 1 atom stereocenters. The third kappa shape index (κ3) is 4.05. The van der Waals surface area contributed by atoms with Crippen molar-refractivity contribution in [3.05, 3.63) is 23.5 Å². The van der Waals surface area contributed by atoms with E-state index in [4.69, 9.17) is 0 Å². The average Bonchev–Trinajstić information content (AvgIpc) is 2.75. The molecule has 0 amide bonds. The SMILES string of the molecule is CSCCCCCCn1ccc2c1CC(C)(C)CC2O. The molecule has 20 heavy (non-hydrogen) atoms. The second kappa shape index (κ2) is 7.04. The molecule has 1 aliphatic rings. The summed E-state index contributed by atoms with van der Waals surface area (Å²) in [6.07, 6.45) is 11.3. The van der Waals surface area contributed by atoms with E-state index in [-0.39, 0.29) is 11.5 Å². The highest BCUT2D eigenvalue weighted by molar-refractivity contribution is 7.98. The number of aliphatic hydroxyl groups excluding tert-OH is 1. The van der Waals surface area contributed by atoms with Crippen molar-refractivity contribution in [2.24, 2.45) is 5.41 Å². The molecule has 1 aliphatic carbocycles. The van der Waals surface area contributed by atoms with E-state index in [1.54, 1.807) is 0 Å². The Morgan fingerprint density at radius 2 is 2.05 bits per heavy atom. The fourth-order valence-electron chi connectivity index (χ4n) is 3.28. The van der Waals surface area contributed by atoms with Gasteiger partial charge >= 0.3 is 0 Å². The monoisotopic (exact) mass is 295 g/mol. The van der Waals surface area contributed by atoms with E-state index in [0.717, 1.165) is 19.4 Å². The fourth-order valence-corrected chi connectivity index (χ4v) is 3.77. The first-order valence-corrected chi connectivity index (χ1v) is 9.28. The Bertz CT molecular complexity index is 425. The van der Waals surface area contributed by atoms with Gasteiger partial charge in [0.1, 0.15) is 0 Å². The first-order valence-electron chi connectivity index (χ1n) is 7.88. The van der Waals surface area contributed by atoms with Crippen LogP contribution in [0.15, 0.2) is 12.3 Å². The smallest absolute Gasteiger partial charge is 0.0812 e. The molecule has 3 heteroatoms. The molecule has 0 fully saturated rings. The zero-order valence-electron chi connectivity index (χ0n) is 13.2. The van der Waals surface area contributed by atoms with Crippen molar-refractivity contribution in [1.82, 2.24) is 4.57 Å². The molecule has 0 aromatic carbocycles. The van der Waals surface area contributed by atoms with Crippen LogP contribution in [0.4, 0.5) is 0 Å². The van der Waals surface area contributed by atoms with Crippen LogP contribution in [0.3, 0.4) is 0 Å². The Morgan fingerprint density at radius 1 is 1.30 bits per heavy atom. The molecule has 0 radical (unpaired) electrons. The van der Waals surface area contributed by atoms with Gasteiger partial charge in [0.15, 0.2) is 0 Å². The van der Waals surface area contributed by atoms with E-state index in [2.05, 4.69) is 36.9 Å². The van der Waals surface area contributed by atoms with Crippen molar-refractivity contribution in [3.8, 4) is 0 Å². The van der Waals surface area contributed by atoms with E-state index in [0.29, 0.717) is 0 Å². The maximum absolute atomic E-state index is 10.3. The summed E-state index contributed by atoms with van der Waals surface area (Å²) < 4.78 is 2.38. The summed E-state index contributed by atoms with van der Waals surface area (Å²) in [5.41, 5.74) is 2.77. The van der Waals surface area contributed by atoms with Gasteiger partial charge in [-0.2, -0.15) is 11.8 Å². The molecule has 2 rings (SSSR count). The summed E-state index contributed by atoms with van der Waals surface area (Å²) in [4.78, 5) is 0. The number of unbranched alkanes of at least 4 members (excludes halogenated alkanes) is 3. The second-order valence-electron chi connectivity index (χ2n) is 6.88. The highest BCUT2D eigenvalue weighted by Crippen LogP contribution is 2.41. The van der Waals surface area contributed by atoms with Gasteiger partial charge in [0.2, 0.25) is 0 Å². The number of hydrogen-bond donors (Lipinski definition) is 1. The average molecular weight is 295 g/mol. The Kier molecular flexibility index (Phi) is 5.62. The predicted octanol–water partition coefficient (Wildman–Crippen LogP) is 4.42. The molecule has 1 unspecified atom stereocenters. The van der Waals surface area contributed by atoms with Gasteiger partial charge in [0.25, 0.3) is 0 Å². The zero-order chi connectivity index (χ0) is 14.6. The van der Waals surface area contributed by atoms with Crippen molar-refractivity contribution in [2.75, 3.05) is 12.0 Å². The second-order valence-corrected chi connectivity index (χ2v) is 7.86. The van der Waals surface area contributed by atoms with Gasteiger partial charge < -0.3 is 9.67 Å². The molecule has 1 N–H and O–H groups in total. The Labute approximate surface area is 128 Å². The molecule has 0 aliphatic heterocycles. The first kappa shape index (κ1) is 16.0. The maximum atomic E-state index is 10.3. The van der Waals surface area contributed by atoms with Crippen molar-refractivity contribution in [2.45, 2.75) is 65.0 Å².